The fourth-order valence-corrected chi connectivity index (χ4v) is 1.03. The van der Waals surface area contributed by atoms with Gasteiger partial charge < -0.3 is 4.74 Å². The highest BCUT2D eigenvalue weighted by Crippen LogP contribution is 2.50. The molecule has 0 aromatic rings. The molecular formula is C10H14O2. The summed E-state index contributed by atoms with van der Waals surface area (Å²) in [4.78, 5) is 10.8. The Bertz CT molecular complexity index is 242. The maximum atomic E-state index is 10.8. The monoisotopic (exact) mass is 166 g/mol. The molecule has 12 heavy (non-hydrogen) atoms. The molecule has 1 aliphatic rings. The lowest BCUT2D eigenvalue weighted by Crippen LogP contribution is -2.00. The smallest absolute Gasteiger partial charge is 0.384 e. The van der Waals surface area contributed by atoms with Gasteiger partial charge in [-0.2, -0.15) is 0 Å². The van der Waals surface area contributed by atoms with Gasteiger partial charge in [0.1, 0.15) is 0 Å². The molecule has 0 saturated heterocycles. The van der Waals surface area contributed by atoms with Crippen LogP contribution in [0.5, 0.6) is 0 Å². The zero-order chi connectivity index (χ0) is 9.19. The Morgan fingerprint density at radius 3 is 2.67 bits per heavy atom. The molecule has 0 aromatic carbocycles. The summed E-state index contributed by atoms with van der Waals surface area (Å²) in [6.07, 6.45) is 1.10. The first-order valence-corrected chi connectivity index (χ1v) is 4.24. The first-order valence-electron chi connectivity index (χ1n) is 4.24. The molecule has 0 heterocycles. The lowest BCUT2D eigenvalue weighted by molar-refractivity contribution is -0.136. The van der Waals surface area contributed by atoms with Crippen LogP contribution in [0.4, 0.5) is 0 Å². The molecular weight excluding hydrogens is 152 g/mol. The molecule has 1 atom stereocenters. The quantitative estimate of drug-likeness (QED) is 0.336. The second kappa shape index (κ2) is 3.18. The fraction of sp³-hybridized carbons (Fsp3) is 0.700. The van der Waals surface area contributed by atoms with E-state index in [2.05, 4.69) is 30.4 Å². The number of carbonyl (C=O) groups excluding carboxylic acids is 1. The molecule has 1 unspecified atom stereocenters. The summed E-state index contributed by atoms with van der Waals surface area (Å²) >= 11 is 0. The Balaban J connectivity index is 2.35. The van der Waals surface area contributed by atoms with Crippen molar-refractivity contribution >= 4 is 5.97 Å². The molecule has 0 radical (unpaired) electrons. The summed E-state index contributed by atoms with van der Waals surface area (Å²) in [7, 11) is 0. The van der Waals surface area contributed by atoms with Crippen molar-refractivity contribution < 1.29 is 9.53 Å². The van der Waals surface area contributed by atoms with Gasteiger partial charge in [0.2, 0.25) is 0 Å². The summed E-state index contributed by atoms with van der Waals surface area (Å²) in [5.41, 5.74) is 0.319. The lowest BCUT2D eigenvalue weighted by atomic mass is 10.1. The molecule has 1 fully saturated rings. The van der Waals surface area contributed by atoms with Crippen LogP contribution in [0.15, 0.2) is 0 Å². The highest BCUT2D eigenvalue weighted by molar-refractivity contribution is 5.88. The number of hydrogen-bond acceptors (Lipinski definition) is 2. The minimum Gasteiger partial charge on any atom is -0.456 e. The Kier molecular flexibility index (Phi) is 2.42. The zero-order valence-corrected chi connectivity index (χ0v) is 7.81. The van der Waals surface area contributed by atoms with Crippen LogP contribution in [0, 0.1) is 23.2 Å². The van der Waals surface area contributed by atoms with E-state index in [1.807, 2.05) is 0 Å². The molecule has 1 aliphatic carbocycles. The molecule has 66 valence electrons. The van der Waals surface area contributed by atoms with E-state index < -0.39 is 5.97 Å². The summed E-state index contributed by atoms with van der Waals surface area (Å²) < 4.78 is 4.68. The number of hydrogen-bond donors (Lipinski definition) is 0. The van der Waals surface area contributed by atoms with Gasteiger partial charge in [0.15, 0.2) is 0 Å². The van der Waals surface area contributed by atoms with Crippen molar-refractivity contribution in [3.63, 3.8) is 0 Å². The standard InChI is InChI=1S/C10H14O2/c1-4-12-9(11)6-5-8-7-10(8,2)3/h8H,4,7H2,1-3H3. The molecule has 2 nitrogen and oxygen atoms in total. The highest BCUT2D eigenvalue weighted by atomic mass is 16.5. The summed E-state index contributed by atoms with van der Waals surface area (Å²) in [5, 5.41) is 0. The van der Waals surface area contributed by atoms with Crippen molar-refractivity contribution in [3.8, 4) is 11.8 Å². The van der Waals surface area contributed by atoms with Gasteiger partial charge in [-0.25, -0.2) is 4.79 Å². The van der Waals surface area contributed by atoms with E-state index in [0.717, 1.165) is 6.42 Å². The number of carbonyl (C=O) groups is 1. The number of ether oxygens (including phenoxy) is 1. The molecule has 1 rings (SSSR count). The fourth-order valence-electron chi connectivity index (χ4n) is 1.03. The molecule has 0 amide bonds. The van der Waals surface area contributed by atoms with Crippen molar-refractivity contribution in [2.45, 2.75) is 27.2 Å². The predicted octanol–water partition coefficient (Wildman–Crippen LogP) is 1.60. The van der Waals surface area contributed by atoms with Gasteiger partial charge in [-0.05, 0) is 18.8 Å². The summed E-state index contributed by atoms with van der Waals surface area (Å²) in [6.45, 7) is 6.48. The van der Waals surface area contributed by atoms with E-state index in [1.54, 1.807) is 6.92 Å². The van der Waals surface area contributed by atoms with E-state index in [1.165, 1.54) is 0 Å². The van der Waals surface area contributed by atoms with Crippen molar-refractivity contribution in [2.24, 2.45) is 11.3 Å². The average Bonchev–Trinajstić information content (AvgIpc) is 2.56. The van der Waals surface area contributed by atoms with Crippen molar-refractivity contribution in [2.75, 3.05) is 6.61 Å². The third kappa shape index (κ3) is 2.27. The largest absolute Gasteiger partial charge is 0.456 e. The third-order valence-corrected chi connectivity index (χ3v) is 2.14. The van der Waals surface area contributed by atoms with E-state index in [0.29, 0.717) is 17.9 Å². The van der Waals surface area contributed by atoms with Gasteiger partial charge in [-0.15, -0.1) is 0 Å². The minimum absolute atomic E-state index is 0.319. The SMILES string of the molecule is CCOC(=O)C#CC1CC1(C)C. The van der Waals surface area contributed by atoms with Crippen LogP contribution in [0.3, 0.4) is 0 Å². The van der Waals surface area contributed by atoms with E-state index in [9.17, 15) is 4.79 Å². The van der Waals surface area contributed by atoms with Crippen molar-refractivity contribution in [1.29, 1.82) is 0 Å². The molecule has 0 N–H and O–H groups in total. The van der Waals surface area contributed by atoms with Crippen molar-refractivity contribution in [3.05, 3.63) is 0 Å². The van der Waals surface area contributed by atoms with Gasteiger partial charge >= 0.3 is 5.97 Å². The normalized spacial score (nSPS) is 23.8. The minimum atomic E-state index is -0.403. The van der Waals surface area contributed by atoms with Crippen molar-refractivity contribution in [1.82, 2.24) is 0 Å². The number of rotatable bonds is 1. The third-order valence-electron chi connectivity index (χ3n) is 2.14. The van der Waals surface area contributed by atoms with Crippen LogP contribution >= 0.6 is 0 Å². The lowest BCUT2D eigenvalue weighted by Gasteiger charge is -1.93. The maximum Gasteiger partial charge on any atom is 0.384 e. The van der Waals surface area contributed by atoms with Gasteiger partial charge in [-0.3, -0.25) is 0 Å². The van der Waals surface area contributed by atoms with Gasteiger partial charge in [0, 0.05) is 11.8 Å². The van der Waals surface area contributed by atoms with Crippen LogP contribution in [-0.2, 0) is 9.53 Å². The van der Waals surface area contributed by atoms with E-state index >= 15 is 0 Å². The zero-order valence-electron chi connectivity index (χ0n) is 7.81. The Labute approximate surface area is 73.3 Å². The molecule has 0 bridgehead atoms. The van der Waals surface area contributed by atoms with E-state index in [4.69, 9.17) is 0 Å². The molecule has 0 spiro atoms. The Hall–Kier alpha value is -0.970. The van der Waals surface area contributed by atoms with Crippen LogP contribution in [0.25, 0.3) is 0 Å². The molecule has 0 aliphatic heterocycles. The predicted molar refractivity (Wildman–Crippen MR) is 46.3 cm³/mol. The van der Waals surface area contributed by atoms with Crippen LogP contribution in [-0.4, -0.2) is 12.6 Å². The number of esters is 1. The summed E-state index contributed by atoms with van der Waals surface area (Å²) in [6, 6.07) is 0. The topological polar surface area (TPSA) is 26.3 Å². The first-order chi connectivity index (χ1) is 5.56. The maximum absolute atomic E-state index is 10.8. The van der Waals surface area contributed by atoms with Crippen LogP contribution < -0.4 is 0 Å². The van der Waals surface area contributed by atoms with E-state index in [-0.39, 0.29) is 0 Å². The highest BCUT2D eigenvalue weighted by Gasteiger charge is 2.44. The second-order valence-electron chi connectivity index (χ2n) is 3.74. The van der Waals surface area contributed by atoms with Gasteiger partial charge in [0.05, 0.1) is 6.61 Å². The molecule has 1 saturated carbocycles. The molecule has 2 heteroatoms. The van der Waals surface area contributed by atoms with Crippen LogP contribution in [0.1, 0.15) is 27.2 Å². The van der Waals surface area contributed by atoms with Gasteiger partial charge in [0.25, 0.3) is 0 Å². The van der Waals surface area contributed by atoms with Crippen LogP contribution in [0.2, 0.25) is 0 Å². The Morgan fingerprint density at radius 1 is 1.67 bits per heavy atom. The second-order valence-corrected chi connectivity index (χ2v) is 3.74. The summed E-state index contributed by atoms with van der Waals surface area (Å²) in [5.74, 6) is 5.38. The first kappa shape index (κ1) is 9.12. The average molecular weight is 166 g/mol. The van der Waals surface area contributed by atoms with Gasteiger partial charge in [-0.1, -0.05) is 19.8 Å². The molecule has 0 aromatic heterocycles. The Morgan fingerprint density at radius 2 is 2.25 bits per heavy atom.